The van der Waals surface area contributed by atoms with E-state index in [0.29, 0.717) is 12.5 Å². The highest BCUT2D eigenvalue weighted by atomic mass is 16.5. The van der Waals surface area contributed by atoms with Gasteiger partial charge in [0.1, 0.15) is 12.6 Å². The van der Waals surface area contributed by atoms with Crippen LogP contribution in [0.1, 0.15) is 39.7 Å². The number of rotatable bonds is 8. The second kappa shape index (κ2) is 9.11. The first-order chi connectivity index (χ1) is 11.9. The molecule has 0 N–H and O–H groups in total. The number of likely N-dealkylation sites (tertiary alicyclic amines) is 1. The van der Waals surface area contributed by atoms with Gasteiger partial charge in [0.05, 0.1) is 6.10 Å². The molecule has 0 aliphatic carbocycles. The number of carbonyl (C=O) groups excluding carboxylic acids is 2. The number of benzene rings is 1. The van der Waals surface area contributed by atoms with E-state index in [1.165, 1.54) is 0 Å². The van der Waals surface area contributed by atoms with Crippen LogP contribution in [0.5, 0.6) is 0 Å². The zero-order chi connectivity index (χ0) is 18.4. The van der Waals surface area contributed by atoms with Crippen molar-refractivity contribution in [2.75, 3.05) is 13.2 Å². The lowest BCUT2D eigenvalue weighted by atomic mass is 10.1. The van der Waals surface area contributed by atoms with E-state index in [4.69, 9.17) is 9.47 Å². The molecule has 0 spiro atoms. The summed E-state index contributed by atoms with van der Waals surface area (Å²) in [5.41, 5.74) is 0.864. The standard InChI is InChI=1S/C20H29NO4/c1-14(2)12-24-17-10-11-21(15(3)4)18(17)19(22)20(23)25-13-16-8-6-5-7-9-16/h5-9,14-15,17-18H,10-13H2,1-4H3/t17-,18+/m1/s1. The molecule has 138 valence electrons. The molecule has 1 saturated heterocycles. The highest BCUT2D eigenvalue weighted by molar-refractivity contribution is 6.36. The van der Waals surface area contributed by atoms with Gasteiger partial charge in [-0.05, 0) is 31.7 Å². The first-order valence-corrected chi connectivity index (χ1v) is 9.02. The summed E-state index contributed by atoms with van der Waals surface area (Å²) < 4.78 is 11.2. The molecule has 0 aromatic heterocycles. The molecule has 1 fully saturated rings. The molecule has 1 heterocycles. The van der Waals surface area contributed by atoms with Crippen LogP contribution in [0.15, 0.2) is 30.3 Å². The van der Waals surface area contributed by atoms with Gasteiger partial charge in [0.2, 0.25) is 0 Å². The largest absolute Gasteiger partial charge is 0.455 e. The van der Waals surface area contributed by atoms with Crippen molar-refractivity contribution in [1.29, 1.82) is 0 Å². The van der Waals surface area contributed by atoms with Gasteiger partial charge in [-0.1, -0.05) is 44.2 Å². The summed E-state index contributed by atoms with van der Waals surface area (Å²) in [6, 6.07) is 8.98. The first kappa shape index (κ1) is 19.6. The number of ketones is 1. The summed E-state index contributed by atoms with van der Waals surface area (Å²) in [5.74, 6) is -0.899. The molecule has 0 amide bonds. The van der Waals surface area contributed by atoms with E-state index in [-0.39, 0.29) is 18.8 Å². The number of Topliss-reactive ketones (excluding diaryl/α,β-unsaturated/α-hetero) is 1. The third-order valence-corrected chi connectivity index (χ3v) is 4.37. The summed E-state index contributed by atoms with van der Waals surface area (Å²) in [6.45, 7) is 9.64. The molecular weight excluding hydrogens is 318 g/mol. The van der Waals surface area contributed by atoms with Crippen molar-refractivity contribution in [2.24, 2.45) is 5.92 Å². The summed E-state index contributed by atoms with van der Waals surface area (Å²) in [4.78, 5) is 27.1. The maximum absolute atomic E-state index is 12.7. The Bertz CT molecular complexity index is 570. The van der Waals surface area contributed by atoms with Crippen molar-refractivity contribution in [2.45, 2.75) is 58.9 Å². The number of hydrogen-bond donors (Lipinski definition) is 0. The summed E-state index contributed by atoms with van der Waals surface area (Å²) in [5, 5.41) is 0. The molecule has 0 bridgehead atoms. The predicted octanol–water partition coefficient (Wildman–Crippen LogP) is 2.82. The Labute approximate surface area is 150 Å². The van der Waals surface area contributed by atoms with Crippen LogP contribution in [0.25, 0.3) is 0 Å². The minimum absolute atomic E-state index is 0.108. The zero-order valence-electron chi connectivity index (χ0n) is 15.6. The van der Waals surface area contributed by atoms with Crippen LogP contribution >= 0.6 is 0 Å². The third-order valence-electron chi connectivity index (χ3n) is 4.37. The van der Waals surface area contributed by atoms with Crippen molar-refractivity contribution in [1.82, 2.24) is 4.90 Å². The van der Waals surface area contributed by atoms with Gasteiger partial charge in [-0.25, -0.2) is 4.79 Å². The van der Waals surface area contributed by atoms with Crippen molar-refractivity contribution in [3.05, 3.63) is 35.9 Å². The van der Waals surface area contributed by atoms with Crippen LogP contribution in [0, 0.1) is 5.92 Å². The molecule has 1 aliphatic heterocycles. The molecule has 0 radical (unpaired) electrons. The topological polar surface area (TPSA) is 55.8 Å². The lowest BCUT2D eigenvalue weighted by Crippen LogP contribution is -2.49. The molecule has 0 unspecified atom stereocenters. The molecule has 1 aliphatic rings. The Balaban J connectivity index is 2.01. The van der Waals surface area contributed by atoms with Crippen molar-refractivity contribution in [3.8, 4) is 0 Å². The molecule has 1 aromatic carbocycles. The molecule has 2 rings (SSSR count). The van der Waals surface area contributed by atoms with E-state index >= 15 is 0 Å². The van der Waals surface area contributed by atoms with E-state index in [1.807, 2.05) is 49.1 Å². The number of nitrogens with zero attached hydrogens (tertiary/aromatic N) is 1. The minimum Gasteiger partial charge on any atom is -0.455 e. The fraction of sp³-hybridized carbons (Fsp3) is 0.600. The number of hydrogen-bond acceptors (Lipinski definition) is 5. The fourth-order valence-electron chi connectivity index (χ4n) is 3.09. The Hall–Kier alpha value is -1.72. The predicted molar refractivity (Wildman–Crippen MR) is 96.1 cm³/mol. The summed E-state index contributed by atoms with van der Waals surface area (Å²) in [6.07, 6.45) is 0.509. The maximum Gasteiger partial charge on any atom is 0.376 e. The highest BCUT2D eigenvalue weighted by Gasteiger charge is 2.44. The SMILES string of the molecule is CC(C)CO[C@@H]1CCN(C(C)C)[C@@H]1C(=O)C(=O)OCc1ccccc1. The van der Waals surface area contributed by atoms with Crippen LogP contribution in [0.3, 0.4) is 0 Å². The van der Waals surface area contributed by atoms with Gasteiger partial charge in [0, 0.05) is 19.2 Å². The number of esters is 1. The van der Waals surface area contributed by atoms with Gasteiger partial charge in [-0.3, -0.25) is 9.69 Å². The van der Waals surface area contributed by atoms with Gasteiger partial charge < -0.3 is 9.47 Å². The van der Waals surface area contributed by atoms with E-state index in [1.54, 1.807) is 0 Å². The van der Waals surface area contributed by atoms with E-state index in [9.17, 15) is 9.59 Å². The lowest BCUT2D eigenvalue weighted by Gasteiger charge is -2.29. The zero-order valence-corrected chi connectivity index (χ0v) is 15.6. The van der Waals surface area contributed by atoms with Gasteiger partial charge in [0.25, 0.3) is 5.78 Å². The Morgan fingerprint density at radius 3 is 2.44 bits per heavy atom. The van der Waals surface area contributed by atoms with Gasteiger partial charge in [-0.2, -0.15) is 0 Å². The molecule has 1 aromatic rings. The fourth-order valence-corrected chi connectivity index (χ4v) is 3.09. The average molecular weight is 347 g/mol. The monoisotopic (exact) mass is 347 g/mol. The highest BCUT2D eigenvalue weighted by Crippen LogP contribution is 2.25. The van der Waals surface area contributed by atoms with E-state index < -0.39 is 17.8 Å². The second-order valence-corrected chi connectivity index (χ2v) is 7.26. The lowest BCUT2D eigenvalue weighted by molar-refractivity contribution is -0.159. The maximum atomic E-state index is 12.7. The normalized spacial score (nSPS) is 21.0. The van der Waals surface area contributed by atoms with E-state index in [0.717, 1.165) is 18.5 Å². The molecule has 2 atom stereocenters. The summed E-state index contributed by atoms with van der Waals surface area (Å²) >= 11 is 0. The number of ether oxygens (including phenoxy) is 2. The van der Waals surface area contributed by atoms with Crippen molar-refractivity contribution < 1.29 is 19.1 Å². The number of carbonyl (C=O) groups is 2. The molecule has 5 nitrogen and oxygen atoms in total. The smallest absolute Gasteiger partial charge is 0.376 e. The first-order valence-electron chi connectivity index (χ1n) is 9.02. The molecule has 0 saturated carbocycles. The van der Waals surface area contributed by atoms with E-state index in [2.05, 4.69) is 13.8 Å². The average Bonchev–Trinajstić information content (AvgIpc) is 3.02. The van der Waals surface area contributed by atoms with Crippen LogP contribution in [-0.4, -0.2) is 48.0 Å². The Morgan fingerprint density at radius 2 is 1.84 bits per heavy atom. The van der Waals surface area contributed by atoms with Crippen molar-refractivity contribution in [3.63, 3.8) is 0 Å². The van der Waals surface area contributed by atoms with Gasteiger partial charge in [0.15, 0.2) is 0 Å². The van der Waals surface area contributed by atoms with Crippen LogP contribution in [0.2, 0.25) is 0 Å². The third kappa shape index (κ3) is 5.38. The quantitative estimate of drug-likeness (QED) is 0.535. The van der Waals surface area contributed by atoms with Gasteiger partial charge in [-0.15, -0.1) is 0 Å². The Morgan fingerprint density at radius 1 is 1.16 bits per heavy atom. The van der Waals surface area contributed by atoms with Crippen LogP contribution in [0.4, 0.5) is 0 Å². The summed E-state index contributed by atoms with van der Waals surface area (Å²) in [7, 11) is 0. The van der Waals surface area contributed by atoms with Crippen molar-refractivity contribution >= 4 is 11.8 Å². The molecule has 25 heavy (non-hydrogen) atoms. The van der Waals surface area contributed by atoms with Gasteiger partial charge >= 0.3 is 5.97 Å². The van der Waals surface area contributed by atoms with Crippen LogP contribution in [-0.2, 0) is 25.7 Å². The second-order valence-electron chi connectivity index (χ2n) is 7.26. The minimum atomic E-state index is -0.778. The Kier molecular flexibility index (Phi) is 7.14. The molecular formula is C20H29NO4. The molecule has 5 heteroatoms. The van der Waals surface area contributed by atoms with Crippen LogP contribution < -0.4 is 0 Å².